The summed E-state index contributed by atoms with van der Waals surface area (Å²) in [6.45, 7) is 4.23. The summed E-state index contributed by atoms with van der Waals surface area (Å²) in [6.07, 6.45) is 2.93. The van der Waals surface area contributed by atoms with Gasteiger partial charge in [-0.2, -0.15) is 0 Å². The van der Waals surface area contributed by atoms with E-state index in [0.29, 0.717) is 6.61 Å². The third kappa shape index (κ3) is 1.87. The first-order valence-corrected chi connectivity index (χ1v) is 6.53. The van der Waals surface area contributed by atoms with Crippen LogP contribution in [-0.2, 0) is 28.1 Å². The van der Waals surface area contributed by atoms with Gasteiger partial charge in [0.1, 0.15) is 11.4 Å². The Morgan fingerprint density at radius 3 is 2.89 bits per heavy atom. The largest absolute Gasteiger partial charge is 0.376 e. The molecule has 0 aliphatic carbocycles. The molecule has 5 heteroatoms. The van der Waals surface area contributed by atoms with Crippen molar-refractivity contribution in [3.05, 3.63) is 17.1 Å². The Labute approximate surface area is 107 Å². The Hall–Kier alpha value is -1.20. The number of anilines is 1. The Bertz CT molecular complexity index is 439. The van der Waals surface area contributed by atoms with Gasteiger partial charge in [-0.15, -0.1) is 0 Å². The number of nitrogens with zero attached hydrogens (tertiary/aromatic N) is 2. The topological polar surface area (TPSA) is 56.3 Å². The van der Waals surface area contributed by atoms with E-state index in [4.69, 9.17) is 14.5 Å². The predicted octanol–water partition coefficient (Wildman–Crippen LogP) is 1.62. The Morgan fingerprint density at radius 2 is 2.17 bits per heavy atom. The number of fused-ring (bicyclic) bond motifs is 1. The Morgan fingerprint density at radius 1 is 1.28 bits per heavy atom. The van der Waals surface area contributed by atoms with Crippen molar-refractivity contribution < 1.29 is 9.47 Å². The molecular formula is C13H19N3O2. The van der Waals surface area contributed by atoms with Crippen LogP contribution in [0.3, 0.4) is 0 Å². The number of hydrogen-bond donors (Lipinski definition) is 1. The highest BCUT2D eigenvalue weighted by Gasteiger charge is 2.36. The fourth-order valence-corrected chi connectivity index (χ4v) is 2.63. The molecule has 0 radical (unpaired) electrons. The lowest BCUT2D eigenvalue weighted by Crippen LogP contribution is -2.27. The molecule has 1 aromatic heterocycles. The lowest BCUT2D eigenvalue weighted by atomic mass is 10.0. The summed E-state index contributed by atoms with van der Waals surface area (Å²) < 4.78 is 11.3. The smallest absolute Gasteiger partial charge is 0.162 e. The van der Waals surface area contributed by atoms with E-state index in [-0.39, 0.29) is 5.60 Å². The van der Waals surface area contributed by atoms with Gasteiger partial charge in [0.25, 0.3) is 0 Å². The van der Waals surface area contributed by atoms with Gasteiger partial charge in [-0.05, 0) is 19.8 Å². The van der Waals surface area contributed by atoms with Gasteiger partial charge in [0.05, 0.1) is 18.9 Å². The van der Waals surface area contributed by atoms with Gasteiger partial charge >= 0.3 is 0 Å². The van der Waals surface area contributed by atoms with Crippen LogP contribution in [0.5, 0.6) is 0 Å². The fraction of sp³-hybridized carbons (Fsp3) is 0.692. The number of rotatable bonds is 2. The highest BCUT2D eigenvalue weighted by Crippen LogP contribution is 2.35. The van der Waals surface area contributed by atoms with Crippen LogP contribution in [0.4, 0.5) is 5.82 Å². The van der Waals surface area contributed by atoms with E-state index in [0.717, 1.165) is 55.4 Å². The van der Waals surface area contributed by atoms with Crippen molar-refractivity contribution >= 4 is 5.82 Å². The molecule has 98 valence electrons. The van der Waals surface area contributed by atoms with Crippen LogP contribution >= 0.6 is 0 Å². The van der Waals surface area contributed by atoms with Crippen molar-refractivity contribution in [1.29, 1.82) is 0 Å². The molecule has 0 amide bonds. The van der Waals surface area contributed by atoms with Crippen molar-refractivity contribution in [3.8, 4) is 0 Å². The van der Waals surface area contributed by atoms with Crippen molar-refractivity contribution in [2.24, 2.45) is 0 Å². The summed E-state index contributed by atoms with van der Waals surface area (Å²) in [6, 6.07) is 0. The quantitative estimate of drug-likeness (QED) is 0.863. The predicted molar refractivity (Wildman–Crippen MR) is 67.5 cm³/mol. The SMILES string of the molecule is CNc1nc(C2(C)CCCO2)nc2c1COCC2. The molecule has 1 aromatic rings. The van der Waals surface area contributed by atoms with Crippen molar-refractivity contribution in [2.45, 2.75) is 38.4 Å². The molecule has 0 saturated carbocycles. The third-order valence-electron chi connectivity index (χ3n) is 3.75. The first kappa shape index (κ1) is 11.9. The van der Waals surface area contributed by atoms with Gasteiger partial charge < -0.3 is 14.8 Å². The minimum Gasteiger partial charge on any atom is -0.376 e. The first-order chi connectivity index (χ1) is 8.73. The van der Waals surface area contributed by atoms with Crippen molar-refractivity contribution in [2.75, 3.05) is 25.6 Å². The fourth-order valence-electron chi connectivity index (χ4n) is 2.63. The van der Waals surface area contributed by atoms with Crippen LogP contribution in [0.2, 0.25) is 0 Å². The molecule has 1 fully saturated rings. The molecular weight excluding hydrogens is 230 g/mol. The number of ether oxygens (including phenoxy) is 2. The summed E-state index contributed by atoms with van der Waals surface area (Å²) in [5.41, 5.74) is 1.88. The molecule has 2 aliphatic rings. The van der Waals surface area contributed by atoms with Crippen LogP contribution < -0.4 is 5.32 Å². The van der Waals surface area contributed by atoms with Crippen molar-refractivity contribution in [3.63, 3.8) is 0 Å². The molecule has 0 aromatic carbocycles. The Kier molecular flexibility index (Phi) is 2.95. The van der Waals surface area contributed by atoms with Gasteiger partial charge in [0.15, 0.2) is 5.82 Å². The molecule has 0 spiro atoms. The van der Waals surface area contributed by atoms with Crippen LogP contribution in [0.25, 0.3) is 0 Å². The standard InChI is InChI=1S/C13H19N3O2/c1-13(5-3-6-18-13)12-15-10-4-7-17-8-9(10)11(14-2)16-12/h3-8H2,1-2H3,(H,14,15,16). The zero-order chi connectivity index (χ0) is 12.6. The monoisotopic (exact) mass is 249 g/mol. The van der Waals surface area contributed by atoms with Gasteiger partial charge in [-0.3, -0.25) is 0 Å². The number of aromatic nitrogens is 2. The molecule has 3 rings (SSSR count). The van der Waals surface area contributed by atoms with E-state index in [1.807, 2.05) is 7.05 Å². The van der Waals surface area contributed by atoms with Crippen LogP contribution in [0.1, 0.15) is 36.8 Å². The first-order valence-electron chi connectivity index (χ1n) is 6.53. The van der Waals surface area contributed by atoms with Crippen molar-refractivity contribution in [1.82, 2.24) is 9.97 Å². The van der Waals surface area contributed by atoms with Gasteiger partial charge in [0.2, 0.25) is 0 Å². The maximum Gasteiger partial charge on any atom is 0.162 e. The zero-order valence-corrected chi connectivity index (χ0v) is 11.0. The average molecular weight is 249 g/mol. The molecule has 0 bridgehead atoms. The second-order valence-electron chi connectivity index (χ2n) is 5.06. The molecule has 1 saturated heterocycles. The average Bonchev–Trinajstić information content (AvgIpc) is 2.85. The van der Waals surface area contributed by atoms with Crippen LogP contribution in [0, 0.1) is 0 Å². The number of nitrogens with one attached hydrogen (secondary N) is 1. The molecule has 2 aliphatic heterocycles. The Balaban J connectivity index is 2.05. The van der Waals surface area contributed by atoms with E-state index in [9.17, 15) is 0 Å². The maximum atomic E-state index is 5.83. The van der Waals surface area contributed by atoms with Crippen LogP contribution in [-0.4, -0.2) is 30.2 Å². The minimum atomic E-state index is -0.321. The van der Waals surface area contributed by atoms with Crippen LogP contribution in [0.15, 0.2) is 0 Å². The summed E-state index contributed by atoms with van der Waals surface area (Å²) >= 11 is 0. The molecule has 3 heterocycles. The van der Waals surface area contributed by atoms with E-state index < -0.39 is 0 Å². The lowest BCUT2D eigenvalue weighted by molar-refractivity contribution is 0.00878. The molecule has 1 atom stereocenters. The number of hydrogen-bond acceptors (Lipinski definition) is 5. The lowest BCUT2D eigenvalue weighted by Gasteiger charge is -2.25. The highest BCUT2D eigenvalue weighted by atomic mass is 16.5. The second kappa shape index (κ2) is 4.48. The molecule has 1 unspecified atom stereocenters. The summed E-state index contributed by atoms with van der Waals surface area (Å²) in [4.78, 5) is 9.35. The summed E-state index contributed by atoms with van der Waals surface area (Å²) in [7, 11) is 1.89. The normalized spacial score (nSPS) is 27.0. The van der Waals surface area contributed by atoms with E-state index in [2.05, 4.69) is 17.2 Å². The van der Waals surface area contributed by atoms with E-state index in [1.165, 1.54) is 0 Å². The highest BCUT2D eigenvalue weighted by molar-refractivity contribution is 5.47. The van der Waals surface area contributed by atoms with Gasteiger partial charge in [0, 0.05) is 25.6 Å². The summed E-state index contributed by atoms with van der Waals surface area (Å²) in [5, 5.41) is 3.15. The molecule has 5 nitrogen and oxygen atoms in total. The molecule has 1 N–H and O–H groups in total. The second-order valence-corrected chi connectivity index (χ2v) is 5.06. The van der Waals surface area contributed by atoms with E-state index in [1.54, 1.807) is 0 Å². The third-order valence-corrected chi connectivity index (χ3v) is 3.75. The van der Waals surface area contributed by atoms with Gasteiger partial charge in [-0.25, -0.2) is 9.97 Å². The van der Waals surface area contributed by atoms with Gasteiger partial charge in [-0.1, -0.05) is 0 Å². The summed E-state index contributed by atoms with van der Waals surface area (Å²) in [5.74, 6) is 1.69. The maximum absolute atomic E-state index is 5.83. The zero-order valence-electron chi connectivity index (χ0n) is 11.0. The minimum absolute atomic E-state index is 0.321. The van der Waals surface area contributed by atoms with E-state index >= 15 is 0 Å². The molecule has 18 heavy (non-hydrogen) atoms.